The molecular weight excluding hydrogens is 272 g/mol. The molecule has 0 bridgehead atoms. The van der Waals surface area contributed by atoms with Gasteiger partial charge in [0.05, 0.1) is 6.33 Å². The first-order valence-electron chi connectivity index (χ1n) is 7.30. The van der Waals surface area contributed by atoms with Gasteiger partial charge in [0.15, 0.2) is 0 Å². The average molecular weight is 294 g/mol. The first kappa shape index (κ1) is 15.3. The van der Waals surface area contributed by atoms with Crippen LogP contribution < -0.4 is 10.6 Å². The Labute approximate surface area is 123 Å². The Morgan fingerprint density at radius 2 is 2.33 bits per heavy atom. The summed E-state index contributed by atoms with van der Waals surface area (Å²) in [6, 6.07) is -1.40. The number of rotatable bonds is 6. The van der Waals surface area contributed by atoms with Crippen LogP contribution in [-0.2, 0) is 11.2 Å². The third-order valence-corrected chi connectivity index (χ3v) is 4.15. The van der Waals surface area contributed by atoms with Crippen LogP contribution in [0.3, 0.4) is 0 Å². The number of nitrogens with zero attached hydrogens (tertiary/aromatic N) is 1. The third kappa shape index (κ3) is 4.47. The van der Waals surface area contributed by atoms with Crippen LogP contribution in [0.1, 0.15) is 31.9 Å². The molecule has 3 atom stereocenters. The number of carboxylic acid groups (broad SMARTS) is 1. The summed E-state index contributed by atoms with van der Waals surface area (Å²) in [5, 5.41) is 14.4. The highest BCUT2D eigenvalue weighted by Crippen LogP contribution is 2.30. The Kier molecular flexibility index (Phi) is 5.19. The predicted molar refractivity (Wildman–Crippen MR) is 76.8 cm³/mol. The van der Waals surface area contributed by atoms with Crippen LogP contribution in [0.5, 0.6) is 0 Å². The number of aliphatic carboxylic acids is 1. The maximum atomic E-state index is 11.8. The number of hydrogen-bond acceptors (Lipinski definition) is 3. The summed E-state index contributed by atoms with van der Waals surface area (Å²) in [4.78, 5) is 29.7. The maximum Gasteiger partial charge on any atom is 0.326 e. The highest BCUT2D eigenvalue weighted by molar-refractivity contribution is 5.82. The quantitative estimate of drug-likeness (QED) is 0.631. The number of aromatic nitrogens is 2. The Hall–Kier alpha value is -2.05. The summed E-state index contributed by atoms with van der Waals surface area (Å²) in [7, 11) is 0. The fourth-order valence-electron chi connectivity index (χ4n) is 2.77. The number of urea groups is 1. The van der Waals surface area contributed by atoms with Gasteiger partial charge in [-0.3, -0.25) is 0 Å². The summed E-state index contributed by atoms with van der Waals surface area (Å²) in [6.45, 7) is 2.79. The fraction of sp³-hybridized carbons (Fsp3) is 0.643. The van der Waals surface area contributed by atoms with E-state index in [1.54, 1.807) is 6.20 Å². The highest BCUT2D eigenvalue weighted by Gasteiger charge is 2.25. The summed E-state index contributed by atoms with van der Waals surface area (Å²) in [5.41, 5.74) is 0.673. The summed E-state index contributed by atoms with van der Waals surface area (Å²) >= 11 is 0. The number of carbonyl (C=O) groups excluding carboxylic acids is 1. The highest BCUT2D eigenvalue weighted by atomic mass is 16.4. The van der Waals surface area contributed by atoms with Gasteiger partial charge in [-0.05, 0) is 18.3 Å². The SMILES string of the molecule is CC1CCCC1CNC(=O)N[C@@H](Cc1cnc[nH]1)C(=O)O. The van der Waals surface area contributed by atoms with Crippen molar-refractivity contribution < 1.29 is 14.7 Å². The van der Waals surface area contributed by atoms with E-state index in [0.717, 1.165) is 6.42 Å². The molecular formula is C14H22N4O3. The number of imidazole rings is 1. The molecule has 1 aliphatic rings. The topological polar surface area (TPSA) is 107 Å². The molecule has 0 spiro atoms. The smallest absolute Gasteiger partial charge is 0.326 e. The van der Waals surface area contributed by atoms with Crippen molar-refractivity contribution in [3.63, 3.8) is 0 Å². The molecule has 7 nitrogen and oxygen atoms in total. The van der Waals surface area contributed by atoms with Crippen LogP contribution in [0, 0.1) is 11.8 Å². The van der Waals surface area contributed by atoms with Gasteiger partial charge in [0.25, 0.3) is 0 Å². The molecule has 0 saturated heterocycles. The van der Waals surface area contributed by atoms with Crippen molar-refractivity contribution in [2.45, 2.75) is 38.6 Å². The molecule has 7 heteroatoms. The maximum absolute atomic E-state index is 11.8. The molecule has 1 aromatic rings. The van der Waals surface area contributed by atoms with Crippen LogP contribution in [0.2, 0.25) is 0 Å². The Morgan fingerprint density at radius 3 is 2.90 bits per heavy atom. The molecule has 0 radical (unpaired) electrons. The second-order valence-electron chi connectivity index (χ2n) is 5.69. The minimum atomic E-state index is -1.06. The molecule has 1 fully saturated rings. The van der Waals surface area contributed by atoms with E-state index in [1.165, 1.54) is 19.2 Å². The second-order valence-corrected chi connectivity index (χ2v) is 5.69. The molecule has 21 heavy (non-hydrogen) atoms. The number of nitrogens with one attached hydrogen (secondary N) is 3. The van der Waals surface area contributed by atoms with E-state index >= 15 is 0 Å². The van der Waals surface area contributed by atoms with E-state index in [1.807, 2.05) is 0 Å². The minimum Gasteiger partial charge on any atom is -0.480 e. The van der Waals surface area contributed by atoms with Gasteiger partial charge in [0.1, 0.15) is 6.04 Å². The lowest BCUT2D eigenvalue weighted by Gasteiger charge is -2.18. The number of aromatic amines is 1. The van der Waals surface area contributed by atoms with Crippen LogP contribution in [-0.4, -0.2) is 39.7 Å². The molecule has 116 valence electrons. The molecule has 1 aliphatic carbocycles. The zero-order valence-corrected chi connectivity index (χ0v) is 12.1. The normalized spacial score (nSPS) is 22.7. The predicted octanol–water partition coefficient (Wildman–Crippen LogP) is 1.14. The zero-order valence-electron chi connectivity index (χ0n) is 12.1. The van der Waals surface area contributed by atoms with Crippen LogP contribution in [0.15, 0.2) is 12.5 Å². The van der Waals surface area contributed by atoms with E-state index in [0.29, 0.717) is 24.1 Å². The first-order chi connectivity index (χ1) is 10.1. The van der Waals surface area contributed by atoms with Crippen molar-refractivity contribution in [2.75, 3.05) is 6.54 Å². The lowest BCUT2D eigenvalue weighted by atomic mass is 9.98. The lowest BCUT2D eigenvalue weighted by molar-refractivity contribution is -0.139. The zero-order chi connectivity index (χ0) is 15.2. The second kappa shape index (κ2) is 7.10. The molecule has 2 rings (SSSR count). The van der Waals surface area contributed by atoms with E-state index in [2.05, 4.69) is 27.5 Å². The van der Waals surface area contributed by atoms with Crippen molar-refractivity contribution in [1.29, 1.82) is 0 Å². The number of H-pyrrole nitrogens is 1. The molecule has 2 unspecified atom stereocenters. The third-order valence-electron chi connectivity index (χ3n) is 4.15. The molecule has 0 aromatic carbocycles. The number of carbonyl (C=O) groups is 2. The number of amides is 2. The summed E-state index contributed by atoms with van der Waals surface area (Å²) in [6.07, 6.45) is 6.74. The number of hydrogen-bond donors (Lipinski definition) is 4. The van der Waals surface area contributed by atoms with Gasteiger partial charge in [0.2, 0.25) is 0 Å². The Morgan fingerprint density at radius 1 is 1.52 bits per heavy atom. The van der Waals surface area contributed by atoms with Crippen LogP contribution in [0.4, 0.5) is 4.79 Å². The van der Waals surface area contributed by atoms with E-state index in [4.69, 9.17) is 5.11 Å². The van der Waals surface area contributed by atoms with Crippen molar-refractivity contribution in [3.05, 3.63) is 18.2 Å². The van der Waals surface area contributed by atoms with E-state index in [9.17, 15) is 9.59 Å². The van der Waals surface area contributed by atoms with Crippen LogP contribution in [0.25, 0.3) is 0 Å². The average Bonchev–Trinajstić information content (AvgIpc) is 3.07. The van der Waals surface area contributed by atoms with Crippen molar-refractivity contribution in [2.24, 2.45) is 11.8 Å². The standard InChI is InChI=1S/C14H22N4O3/c1-9-3-2-4-10(9)6-16-14(21)18-12(13(19)20)5-11-7-15-8-17-11/h7-10,12H,2-6H2,1H3,(H,15,17)(H,19,20)(H2,16,18,21)/t9?,10?,12-/m0/s1. The minimum absolute atomic E-state index is 0.183. The van der Waals surface area contributed by atoms with Gasteiger partial charge in [-0.2, -0.15) is 0 Å². The van der Waals surface area contributed by atoms with Crippen molar-refractivity contribution in [1.82, 2.24) is 20.6 Å². The molecule has 1 heterocycles. The van der Waals surface area contributed by atoms with Crippen LogP contribution >= 0.6 is 0 Å². The van der Waals surface area contributed by atoms with Gasteiger partial charge in [-0.1, -0.05) is 19.8 Å². The molecule has 0 aliphatic heterocycles. The van der Waals surface area contributed by atoms with Crippen molar-refractivity contribution >= 4 is 12.0 Å². The number of carboxylic acids is 1. The van der Waals surface area contributed by atoms with Gasteiger partial charge in [-0.15, -0.1) is 0 Å². The summed E-state index contributed by atoms with van der Waals surface area (Å²) in [5.74, 6) is 0.0474. The van der Waals surface area contributed by atoms with Gasteiger partial charge in [-0.25, -0.2) is 14.6 Å². The van der Waals surface area contributed by atoms with E-state index < -0.39 is 18.0 Å². The Balaban J connectivity index is 1.79. The molecule has 4 N–H and O–H groups in total. The molecule has 2 amide bonds. The van der Waals surface area contributed by atoms with Crippen molar-refractivity contribution in [3.8, 4) is 0 Å². The molecule has 1 saturated carbocycles. The van der Waals surface area contributed by atoms with Gasteiger partial charge < -0.3 is 20.7 Å². The molecule has 1 aromatic heterocycles. The Bertz CT molecular complexity index is 475. The first-order valence-corrected chi connectivity index (χ1v) is 7.30. The lowest BCUT2D eigenvalue weighted by Crippen LogP contribution is -2.48. The fourth-order valence-corrected chi connectivity index (χ4v) is 2.77. The monoisotopic (exact) mass is 294 g/mol. The van der Waals surface area contributed by atoms with Gasteiger partial charge >= 0.3 is 12.0 Å². The largest absolute Gasteiger partial charge is 0.480 e. The van der Waals surface area contributed by atoms with E-state index in [-0.39, 0.29) is 6.42 Å². The van der Waals surface area contributed by atoms with Gasteiger partial charge in [0, 0.05) is 24.9 Å². The summed E-state index contributed by atoms with van der Waals surface area (Å²) < 4.78 is 0.